The fourth-order valence-electron chi connectivity index (χ4n) is 3.62. The van der Waals surface area contributed by atoms with E-state index < -0.39 is 8.07 Å². The molecule has 2 aliphatic carbocycles. The number of rotatable bonds is 3. The minimum atomic E-state index is -1.76. The van der Waals surface area contributed by atoms with Crippen LogP contribution < -0.4 is 0 Å². The highest BCUT2D eigenvalue weighted by molar-refractivity contribution is 6.85. The molecule has 2 rings (SSSR count). The van der Waals surface area contributed by atoms with Gasteiger partial charge in [0.05, 0.1) is 20.6 Å². The fraction of sp³-hybridized carbons (Fsp3) is 0.765. The van der Waals surface area contributed by atoms with Crippen molar-refractivity contribution in [3.63, 3.8) is 0 Å². The molecule has 0 aromatic carbocycles. The molecule has 4 heteroatoms. The SMILES string of the molecule is CCOC(=O)C1CC2=C(C1)C([Si](C)(C)C(C)(C)C)C(=O)C2. The first kappa shape index (κ1) is 16.5. The molecule has 0 N–H and O–H groups in total. The standard InChI is InChI=1S/C17H28O3Si/c1-7-20-16(19)12-8-11-10-14(18)15(13(11)9-12)21(5,6)17(2,3)4/h12,15H,7-10H2,1-6H3. The van der Waals surface area contributed by atoms with Crippen molar-refractivity contribution in [2.45, 2.75) is 70.6 Å². The lowest BCUT2D eigenvalue weighted by atomic mass is 10.0. The van der Waals surface area contributed by atoms with E-state index in [-0.39, 0.29) is 22.5 Å². The molecular weight excluding hydrogens is 280 g/mol. The molecule has 0 radical (unpaired) electrons. The molecule has 0 saturated heterocycles. The van der Waals surface area contributed by atoms with Gasteiger partial charge in [-0.1, -0.05) is 45.0 Å². The third-order valence-electron chi connectivity index (χ3n) is 5.75. The summed E-state index contributed by atoms with van der Waals surface area (Å²) in [6.45, 7) is 13.7. The molecule has 0 spiro atoms. The maximum absolute atomic E-state index is 12.6. The van der Waals surface area contributed by atoms with Crippen LogP contribution in [0.5, 0.6) is 0 Å². The molecule has 0 aliphatic heterocycles. The van der Waals surface area contributed by atoms with E-state index >= 15 is 0 Å². The Labute approximate surface area is 129 Å². The van der Waals surface area contributed by atoms with Gasteiger partial charge < -0.3 is 4.74 Å². The van der Waals surface area contributed by atoms with E-state index in [1.165, 1.54) is 11.1 Å². The highest BCUT2D eigenvalue weighted by atomic mass is 28.3. The zero-order valence-corrected chi connectivity index (χ0v) is 15.2. The summed E-state index contributed by atoms with van der Waals surface area (Å²) in [5.74, 6) is 0.262. The van der Waals surface area contributed by atoms with E-state index in [9.17, 15) is 9.59 Å². The number of ketones is 1. The van der Waals surface area contributed by atoms with Crippen LogP contribution in [0.15, 0.2) is 11.1 Å². The molecule has 0 aromatic heterocycles. The molecule has 0 heterocycles. The highest BCUT2D eigenvalue weighted by Crippen LogP contribution is 2.55. The van der Waals surface area contributed by atoms with E-state index in [4.69, 9.17) is 4.74 Å². The quantitative estimate of drug-likeness (QED) is 0.448. The van der Waals surface area contributed by atoms with Crippen LogP contribution in [-0.2, 0) is 14.3 Å². The summed E-state index contributed by atoms with van der Waals surface area (Å²) in [5, 5.41) is 0.178. The van der Waals surface area contributed by atoms with Crippen LogP contribution in [0.1, 0.15) is 47.0 Å². The summed E-state index contributed by atoms with van der Waals surface area (Å²) in [7, 11) is -1.76. The monoisotopic (exact) mass is 308 g/mol. The lowest BCUT2D eigenvalue weighted by molar-refractivity contribution is -0.147. The minimum absolute atomic E-state index is 0.0460. The van der Waals surface area contributed by atoms with Gasteiger partial charge >= 0.3 is 5.97 Å². The summed E-state index contributed by atoms with van der Waals surface area (Å²) >= 11 is 0. The molecule has 2 aliphatic rings. The van der Waals surface area contributed by atoms with Crippen LogP contribution >= 0.6 is 0 Å². The van der Waals surface area contributed by atoms with Crippen molar-refractivity contribution in [3.05, 3.63) is 11.1 Å². The predicted octanol–water partition coefficient (Wildman–Crippen LogP) is 4.11. The number of hydrogen-bond donors (Lipinski definition) is 0. The lowest BCUT2D eigenvalue weighted by Crippen LogP contribution is -2.45. The van der Waals surface area contributed by atoms with Crippen molar-refractivity contribution in [3.8, 4) is 0 Å². The Morgan fingerprint density at radius 1 is 1.29 bits per heavy atom. The molecule has 0 bridgehead atoms. The van der Waals surface area contributed by atoms with Gasteiger partial charge in [0.1, 0.15) is 5.78 Å². The summed E-state index contributed by atoms with van der Waals surface area (Å²) in [4.78, 5) is 24.5. The van der Waals surface area contributed by atoms with E-state index in [0.29, 0.717) is 18.8 Å². The maximum Gasteiger partial charge on any atom is 0.309 e. The third kappa shape index (κ3) is 2.74. The number of carbonyl (C=O) groups is 2. The molecule has 3 nitrogen and oxygen atoms in total. The predicted molar refractivity (Wildman–Crippen MR) is 87.0 cm³/mol. The molecule has 0 amide bonds. The summed E-state index contributed by atoms with van der Waals surface area (Å²) in [6.07, 6.45) is 2.06. The highest BCUT2D eigenvalue weighted by Gasteiger charge is 2.52. The summed E-state index contributed by atoms with van der Waals surface area (Å²) in [5.41, 5.74) is 2.64. The molecular formula is C17H28O3Si. The first-order valence-corrected chi connectivity index (χ1v) is 11.1. The number of esters is 1. The zero-order chi connectivity index (χ0) is 16.0. The van der Waals surface area contributed by atoms with E-state index in [0.717, 1.165) is 12.8 Å². The molecule has 21 heavy (non-hydrogen) atoms. The number of Topliss-reactive ketones (excluding diaryl/α,β-unsaturated/α-hetero) is 1. The van der Waals surface area contributed by atoms with Crippen LogP contribution in [0.25, 0.3) is 0 Å². The number of ether oxygens (including phenoxy) is 1. The van der Waals surface area contributed by atoms with Gasteiger partial charge in [0, 0.05) is 12.0 Å². The maximum atomic E-state index is 12.6. The summed E-state index contributed by atoms with van der Waals surface area (Å²) < 4.78 is 5.17. The Kier molecular flexibility index (Phi) is 4.22. The molecule has 0 saturated carbocycles. The van der Waals surface area contributed by atoms with Crippen molar-refractivity contribution >= 4 is 19.8 Å². The van der Waals surface area contributed by atoms with Gasteiger partial charge in [-0.2, -0.15) is 0 Å². The first-order valence-electron chi connectivity index (χ1n) is 7.99. The Bertz CT molecular complexity index is 497. The van der Waals surface area contributed by atoms with Crippen LogP contribution in [0, 0.1) is 5.92 Å². The van der Waals surface area contributed by atoms with Crippen molar-refractivity contribution in [1.82, 2.24) is 0 Å². The van der Waals surface area contributed by atoms with Crippen LogP contribution in [-0.4, -0.2) is 26.4 Å². The molecule has 0 aromatic rings. The van der Waals surface area contributed by atoms with E-state index in [1.807, 2.05) is 6.92 Å². The topological polar surface area (TPSA) is 43.4 Å². The second kappa shape index (κ2) is 5.38. The smallest absolute Gasteiger partial charge is 0.309 e. The Morgan fingerprint density at radius 2 is 1.90 bits per heavy atom. The minimum Gasteiger partial charge on any atom is -0.466 e. The second-order valence-corrected chi connectivity index (χ2v) is 13.6. The van der Waals surface area contributed by atoms with Gasteiger partial charge in [0.2, 0.25) is 0 Å². The lowest BCUT2D eigenvalue weighted by Gasteiger charge is -2.42. The molecule has 0 fully saturated rings. The van der Waals surface area contributed by atoms with E-state index in [2.05, 4.69) is 33.9 Å². The number of carbonyl (C=O) groups excluding carboxylic acids is 2. The van der Waals surface area contributed by atoms with Gasteiger partial charge in [-0.05, 0) is 24.8 Å². The third-order valence-corrected chi connectivity index (χ3v) is 11.7. The van der Waals surface area contributed by atoms with Gasteiger partial charge in [0.25, 0.3) is 0 Å². The Hall–Kier alpha value is -0.903. The van der Waals surface area contributed by atoms with Crippen molar-refractivity contribution in [2.24, 2.45) is 5.92 Å². The van der Waals surface area contributed by atoms with Gasteiger partial charge in [-0.15, -0.1) is 0 Å². The molecule has 2 unspecified atom stereocenters. The largest absolute Gasteiger partial charge is 0.466 e. The Balaban J connectivity index is 2.23. The van der Waals surface area contributed by atoms with Crippen LogP contribution in [0.2, 0.25) is 23.7 Å². The van der Waals surface area contributed by atoms with Crippen LogP contribution in [0.4, 0.5) is 0 Å². The fourth-order valence-corrected chi connectivity index (χ4v) is 6.59. The van der Waals surface area contributed by atoms with Crippen LogP contribution in [0.3, 0.4) is 0 Å². The summed E-state index contributed by atoms with van der Waals surface area (Å²) in [6, 6.07) is 0. The van der Waals surface area contributed by atoms with Gasteiger partial charge in [-0.25, -0.2) is 0 Å². The molecule has 2 atom stereocenters. The molecule has 118 valence electrons. The van der Waals surface area contributed by atoms with Gasteiger partial charge in [0.15, 0.2) is 0 Å². The first-order chi connectivity index (χ1) is 9.59. The van der Waals surface area contributed by atoms with E-state index in [1.54, 1.807) is 0 Å². The normalized spacial score (nSPS) is 26.3. The average Bonchev–Trinajstić information content (AvgIpc) is 2.83. The second-order valence-electron chi connectivity index (χ2n) is 8.03. The number of hydrogen-bond acceptors (Lipinski definition) is 3. The van der Waals surface area contributed by atoms with Crippen molar-refractivity contribution < 1.29 is 14.3 Å². The Morgan fingerprint density at radius 3 is 2.43 bits per heavy atom. The number of allylic oxidation sites excluding steroid dienone is 2. The van der Waals surface area contributed by atoms with Crippen molar-refractivity contribution in [2.75, 3.05) is 6.61 Å². The zero-order valence-electron chi connectivity index (χ0n) is 14.2. The van der Waals surface area contributed by atoms with Gasteiger partial charge in [-0.3, -0.25) is 9.59 Å². The average molecular weight is 308 g/mol. The van der Waals surface area contributed by atoms with Crippen molar-refractivity contribution in [1.29, 1.82) is 0 Å².